The Morgan fingerprint density at radius 3 is 3.17 bits per heavy atom. The Bertz CT molecular complexity index is 144. The van der Waals surface area contributed by atoms with Crippen LogP contribution in [0.25, 0.3) is 0 Å². The molecule has 0 aromatic heterocycles. The third-order valence-electron chi connectivity index (χ3n) is 2.05. The monoisotopic (exact) mass is 172 g/mol. The van der Waals surface area contributed by atoms with E-state index in [1.54, 1.807) is 0 Å². The lowest BCUT2D eigenvalue weighted by Crippen LogP contribution is -2.36. The van der Waals surface area contributed by atoms with Crippen molar-refractivity contribution in [3.63, 3.8) is 0 Å². The number of nitrogens with one attached hydrogen (secondary N) is 2. The van der Waals surface area contributed by atoms with E-state index in [2.05, 4.69) is 15.4 Å². The van der Waals surface area contributed by atoms with Gasteiger partial charge in [-0.05, 0) is 19.4 Å². The molecule has 0 aromatic rings. The SMILES string of the molecule is COC(=O)CNCC1CCCN1. The van der Waals surface area contributed by atoms with Crippen molar-refractivity contribution in [2.24, 2.45) is 0 Å². The quantitative estimate of drug-likeness (QED) is 0.561. The summed E-state index contributed by atoms with van der Waals surface area (Å²) in [6, 6.07) is 0.537. The van der Waals surface area contributed by atoms with E-state index in [0.29, 0.717) is 12.6 Å². The molecule has 4 heteroatoms. The Hall–Kier alpha value is -0.610. The predicted octanol–water partition coefficient (Wildman–Crippen LogP) is -0.499. The maximum atomic E-state index is 10.7. The molecule has 1 heterocycles. The van der Waals surface area contributed by atoms with Crippen LogP contribution in [0.4, 0.5) is 0 Å². The number of ether oxygens (including phenoxy) is 1. The largest absolute Gasteiger partial charge is 0.468 e. The molecule has 1 atom stereocenters. The first-order valence-corrected chi connectivity index (χ1v) is 4.34. The molecule has 4 nitrogen and oxygen atoms in total. The summed E-state index contributed by atoms with van der Waals surface area (Å²) in [6.07, 6.45) is 2.44. The van der Waals surface area contributed by atoms with Crippen LogP contribution in [0.15, 0.2) is 0 Å². The lowest BCUT2D eigenvalue weighted by Gasteiger charge is -2.09. The van der Waals surface area contributed by atoms with Crippen molar-refractivity contribution in [2.75, 3.05) is 26.7 Å². The lowest BCUT2D eigenvalue weighted by atomic mass is 10.2. The van der Waals surface area contributed by atoms with E-state index in [9.17, 15) is 4.79 Å². The van der Waals surface area contributed by atoms with Crippen molar-refractivity contribution in [3.05, 3.63) is 0 Å². The van der Waals surface area contributed by atoms with Crippen LogP contribution in [0, 0.1) is 0 Å². The molecule has 1 aliphatic rings. The van der Waals surface area contributed by atoms with E-state index in [1.807, 2.05) is 0 Å². The van der Waals surface area contributed by atoms with Gasteiger partial charge in [0.2, 0.25) is 0 Å². The van der Waals surface area contributed by atoms with E-state index in [4.69, 9.17) is 0 Å². The van der Waals surface area contributed by atoms with Crippen molar-refractivity contribution in [1.29, 1.82) is 0 Å². The van der Waals surface area contributed by atoms with Crippen molar-refractivity contribution in [2.45, 2.75) is 18.9 Å². The molecule has 0 saturated carbocycles. The fourth-order valence-corrected chi connectivity index (χ4v) is 1.35. The van der Waals surface area contributed by atoms with E-state index in [-0.39, 0.29) is 5.97 Å². The highest BCUT2D eigenvalue weighted by Gasteiger charge is 2.13. The van der Waals surface area contributed by atoms with Crippen LogP contribution in [0.2, 0.25) is 0 Å². The van der Waals surface area contributed by atoms with Gasteiger partial charge in [-0.1, -0.05) is 0 Å². The van der Waals surface area contributed by atoms with Crippen molar-refractivity contribution in [3.8, 4) is 0 Å². The Kier molecular flexibility index (Phi) is 4.04. The smallest absolute Gasteiger partial charge is 0.319 e. The molecule has 0 radical (unpaired) electrons. The molecule has 0 bridgehead atoms. The normalized spacial score (nSPS) is 22.6. The summed E-state index contributed by atoms with van der Waals surface area (Å²) in [7, 11) is 1.40. The van der Waals surface area contributed by atoms with Gasteiger partial charge >= 0.3 is 5.97 Å². The van der Waals surface area contributed by atoms with Crippen LogP contribution >= 0.6 is 0 Å². The van der Waals surface area contributed by atoms with Gasteiger partial charge in [-0.25, -0.2) is 0 Å². The second-order valence-corrected chi connectivity index (χ2v) is 3.00. The van der Waals surface area contributed by atoms with Gasteiger partial charge in [-0.15, -0.1) is 0 Å². The Labute approximate surface area is 72.7 Å². The van der Waals surface area contributed by atoms with Crippen molar-refractivity contribution in [1.82, 2.24) is 10.6 Å². The summed E-state index contributed by atoms with van der Waals surface area (Å²) in [5.74, 6) is -0.201. The highest BCUT2D eigenvalue weighted by molar-refractivity contribution is 5.71. The molecule has 1 rings (SSSR count). The molecule has 2 N–H and O–H groups in total. The zero-order valence-corrected chi connectivity index (χ0v) is 7.43. The fourth-order valence-electron chi connectivity index (χ4n) is 1.35. The molecule has 0 aromatic carbocycles. The van der Waals surface area contributed by atoms with Gasteiger partial charge in [0.25, 0.3) is 0 Å². The zero-order valence-electron chi connectivity index (χ0n) is 7.43. The summed E-state index contributed by atoms with van der Waals surface area (Å²) in [5.41, 5.74) is 0. The maximum absolute atomic E-state index is 10.7. The van der Waals surface area contributed by atoms with Crippen molar-refractivity contribution < 1.29 is 9.53 Å². The van der Waals surface area contributed by atoms with E-state index in [0.717, 1.165) is 13.1 Å². The van der Waals surface area contributed by atoms with Crippen LogP contribution in [-0.2, 0) is 9.53 Å². The summed E-state index contributed by atoms with van der Waals surface area (Å²) in [4.78, 5) is 10.7. The number of carbonyl (C=O) groups is 1. The number of hydrogen-bond acceptors (Lipinski definition) is 4. The van der Waals surface area contributed by atoms with Gasteiger partial charge in [0.1, 0.15) is 0 Å². The molecule has 1 unspecified atom stereocenters. The van der Waals surface area contributed by atoms with Crippen LogP contribution in [0.3, 0.4) is 0 Å². The molecule has 0 aliphatic carbocycles. The Morgan fingerprint density at radius 2 is 2.58 bits per heavy atom. The molecular weight excluding hydrogens is 156 g/mol. The molecule has 12 heavy (non-hydrogen) atoms. The highest BCUT2D eigenvalue weighted by atomic mass is 16.5. The summed E-state index contributed by atoms with van der Waals surface area (Å²) >= 11 is 0. The molecule has 0 spiro atoms. The average Bonchev–Trinajstić information content (AvgIpc) is 2.57. The molecule has 1 aliphatic heterocycles. The lowest BCUT2D eigenvalue weighted by molar-refractivity contribution is -0.139. The molecule has 0 amide bonds. The molecule has 70 valence electrons. The third-order valence-corrected chi connectivity index (χ3v) is 2.05. The van der Waals surface area contributed by atoms with Crippen LogP contribution in [-0.4, -0.2) is 38.8 Å². The molecule has 1 fully saturated rings. The predicted molar refractivity (Wildman–Crippen MR) is 45.9 cm³/mol. The van der Waals surface area contributed by atoms with Gasteiger partial charge in [-0.3, -0.25) is 4.79 Å². The van der Waals surface area contributed by atoms with Gasteiger partial charge in [0.15, 0.2) is 0 Å². The van der Waals surface area contributed by atoms with Gasteiger partial charge in [-0.2, -0.15) is 0 Å². The number of hydrogen-bond donors (Lipinski definition) is 2. The summed E-state index contributed by atoms with van der Waals surface area (Å²) in [5, 5.41) is 6.37. The first-order chi connectivity index (χ1) is 5.83. The summed E-state index contributed by atoms with van der Waals surface area (Å²) in [6.45, 7) is 2.27. The van der Waals surface area contributed by atoms with Gasteiger partial charge in [0.05, 0.1) is 13.7 Å². The zero-order chi connectivity index (χ0) is 8.81. The number of carbonyl (C=O) groups excluding carboxylic acids is 1. The van der Waals surface area contributed by atoms with Crippen molar-refractivity contribution >= 4 is 5.97 Å². The minimum absolute atomic E-state index is 0.201. The van der Waals surface area contributed by atoms with Crippen LogP contribution < -0.4 is 10.6 Å². The number of methoxy groups -OCH3 is 1. The summed E-state index contributed by atoms with van der Waals surface area (Å²) < 4.78 is 4.49. The first-order valence-electron chi connectivity index (χ1n) is 4.34. The second-order valence-electron chi connectivity index (χ2n) is 3.00. The topological polar surface area (TPSA) is 50.4 Å². The molecule has 1 saturated heterocycles. The van der Waals surface area contributed by atoms with E-state index >= 15 is 0 Å². The third kappa shape index (κ3) is 3.19. The number of esters is 1. The van der Waals surface area contributed by atoms with Crippen LogP contribution in [0.5, 0.6) is 0 Å². The Balaban J connectivity index is 1.97. The van der Waals surface area contributed by atoms with Gasteiger partial charge in [0, 0.05) is 12.6 Å². The fraction of sp³-hybridized carbons (Fsp3) is 0.875. The Morgan fingerprint density at radius 1 is 1.75 bits per heavy atom. The minimum Gasteiger partial charge on any atom is -0.468 e. The second kappa shape index (κ2) is 5.11. The number of rotatable bonds is 4. The first kappa shape index (κ1) is 9.48. The standard InChI is InChI=1S/C8H16N2O2/c1-12-8(11)6-9-5-7-3-2-4-10-7/h7,9-10H,2-6H2,1H3. The van der Waals surface area contributed by atoms with E-state index in [1.165, 1.54) is 20.0 Å². The van der Waals surface area contributed by atoms with Crippen LogP contribution in [0.1, 0.15) is 12.8 Å². The molecular formula is C8H16N2O2. The van der Waals surface area contributed by atoms with E-state index < -0.39 is 0 Å². The highest BCUT2D eigenvalue weighted by Crippen LogP contribution is 2.02. The minimum atomic E-state index is -0.201. The average molecular weight is 172 g/mol. The van der Waals surface area contributed by atoms with Gasteiger partial charge < -0.3 is 15.4 Å². The maximum Gasteiger partial charge on any atom is 0.319 e.